The second kappa shape index (κ2) is 6.20. The zero-order valence-electron chi connectivity index (χ0n) is 13.4. The van der Waals surface area contributed by atoms with Crippen LogP contribution in [0.2, 0.25) is 0 Å². The van der Waals surface area contributed by atoms with Crippen molar-refractivity contribution in [3.8, 4) is 0 Å². The van der Waals surface area contributed by atoms with Crippen molar-refractivity contribution in [1.82, 2.24) is 0 Å². The number of benzene rings is 2. The van der Waals surface area contributed by atoms with Gasteiger partial charge < -0.3 is 4.57 Å². The number of aryl methyl sites for hydroxylation is 4. The van der Waals surface area contributed by atoms with Crippen LogP contribution in [0.3, 0.4) is 0 Å². The highest BCUT2D eigenvalue weighted by Gasteiger charge is 2.27. The predicted octanol–water partition coefficient (Wildman–Crippen LogP) is 4.46. The smallest absolute Gasteiger partial charge is 0.143 e. The molecule has 0 N–H and O–H groups in total. The van der Waals surface area contributed by atoms with Crippen molar-refractivity contribution >= 4 is 17.8 Å². The zero-order valence-corrected chi connectivity index (χ0v) is 14.3. The van der Waals surface area contributed by atoms with E-state index >= 15 is 0 Å². The second-order valence-corrected chi connectivity index (χ2v) is 8.97. The molecular weight excluding hydrogens is 275 g/mol. The largest absolute Gasteiger partial charge is 0.314 e. The predicted molar refractivity (Wildman–Crippen MR) is 93.5 cm³/mol. The fourth-order valence-electron chi connectivity index (χ4n) is 2.95. The van der Waals surface area contributed by atoms with Gasteiger partial charge in [0.15, 0.2) is 0 Å². The highest BCUT2D eigenvalue weighted by atomic mass is 31.2. The third-order valence-corrected chi connectivity index (χ3v) is 6.85. The molecule has 0 fully saturated rings. The molecule has 0 aromatic heterocycles. The van der Waals surface area contributed by atoms with Crippen molar-refractivity contribution in [2.24, 2.45) is 0 Å². The third kappa shape index (κ3) is 3.47. The Morgan fingerprint density at radius 2 is 1.10 bits per heavy atom. The van der Waals surface area contributed by atoms with Gasteiger partial charge in [-0.2, -0.15) is 0 Å². The van der Waals surface area contributed by atoms with Crippen LogP contribution in [0.1, 0.15) is 28.7 Å². The second-order valence-electron chi connectivity index (χ2n) is 6.01. The Bertz CT molecular complexity index is 605. The lowest BCUT2D eigenvalue weighted by atomic mass is 10.2. The van der Waals surface area contributed by atoms with Crippen LogP contribution in [0.25, 0.3) is 0 Å². The molecule has 0 bridgehead atoms. The minimum absolute atomic E-state index is 0.624. The van der Waals surface area contributed by atoms with Crippen molar-refractivity contribution < 1.29 is 4.57 Å². The van der Waals surface area contributed by atoms with Crippen LogP contribution in [-0.2, 0) is 4.57 Å². The van der Waals surface area contributed by atoms with E-state index in [1.807, 2.05) is 0 Å². The van der Waals surface area contributed by atoms with E-state index in [1.165, 1.54) is 22.3 Å². The Labute approximate surface area is 128 Å². The molecule has 0 aliphatic heterocycles. The van der Waals surface area contributed by atoms with E-state index in [9.17, 15) is 4.57 Å². The summed E-state index contributed by atoms with van der Waals surface area (Å²) in [6.07, 6.45) is 1.30. The van der Waals surface area contributed by atoms with Crippen LogP contribution in [0.5, 0.6) is 0 Å². The lowest BCUT2D eigenvalue weighted by molar-refractivity contribution is 0.586. The van der Waals surface area contributed by atoms with Crippen LogP contribution in [-0.4, -0.2) is 6.16 Å². The maximum atomic E-state index is 13.8. The summed E-state index contributed by atoms with van der Waals surface area (Å²) in [5.74, 6) is 0. The van der Waals surface area contributed by atoms with Crippen LogP contribution in [0.4, 0.5) is 0 Å². The molecule has 21 heavy (non-hydrogen) atoms. The molecule has 0 saturated carbocycles. The van der Waals surface area contributed by atoms with E-state index in [0.29, 0.717) is 12.6 Å². The normalized spacial score (nSPS) is 11.7. The molecule has 2 aromatic rings. The quantitative estimate of drug-likeness (QED) is 0.762. The van der Waals surface area contributed by atoms with Gasteiger partial charge in [-0.25, -0.2) is 0 Å². The van der Waals surface area contributed by atoms with Gasteiger partial charge in [-0.3, -0.25) is 0 Å². The first-order valence-corrected chi connectivity index (χ1v) is 9.30. The first kappa shape index (κ1) is 16.0. The van der Waals surface area contributed by atoms with Gasteiger partial charge in [-0.15, -0.1) is 0 Å². The molecule has 0 saturated heterocycles. The third-order valence-electron chi connectivity index (χ3n) is 3.72. The van der Waals surface area contributed by atoms with Crippen molar-refractivity contribution in [2.75, 3.05) is 6.16 Å². The van der Waals surface area contributed by atoms with Crippen LogP contribution in [0.15, 0.2) is 36.4 Å². The SMILES string of the molecule is [CH2]CCP(=O)(c1cc(C)cc(C)c1)c1cc(C)cc(C)c1. The van der Waals surface area contributed by atoms with Gasteiger partial charge in [0.1, 0.15) is 7.14 Å². The Hall–Kier alpha value is -1.33. The molecule has 2 heteroatoms. The Morgan fingerprint density at radius 3 is 1.38 bits per heavy atom. The van der Waals surface area contributed by atoms with Crippen molar-refractivity contribution in [1.29, 1.82) is 0 Å². The summed E-state index contributed by atoms with van der Waals surface area (Å²) in [4.78, 5) is 0. The number of hydrogen-bond acceptors (Lipinski definition) is 1. The molecule has 0 spiro atoms. The van der Waals surface area contributed by atoms with E-state index in [1.54, 1.807) is 0 Å². The van der Waals surface area contributed by atoms with Gasteiger partial charge in [0, 0.05) is 16.8 Å². The molecule has 0 heterocycles. The standard InChI is InChI=1S/C19H24OP/c1-6-7-21(20,18-10-14(2)8-15(3)11-18)19-12-16(4)9-17(5)13-19/h8-13H,1,6-7H2,2-5H3. The van der Waals surface area contributed by atoms with Gasteiger partial charge in [-0.05, 0) is 58.4 Å². The average Bonchev–Trinajstić information content (AvgIpc) is 2.36. The van der Waals surface area contributed by atoms with Crippen LogP contribution in [0, 0.1) is 34.6 Å². The summed E-state index contributed by atoms with van der Waals surface area (Å²) < 4.78 is 13.8. The summed E-state index contributed by atoms with van der Waals surface area (Å²) in [6.45, 7) is 12.2. The minimum Gasteiger partial charge on any atom is -0.314 e. The van der Waals surface area contributed by atoms with Crippen molar-refractivity contribution in [3.63, 3.8) is 0 Å². The maximum absolute atomic E-state index is 13.8. The molecule has 0 aliphatic rings. The van der Waals surface area contributed by atoms with Crippen LogP contribution >= 0.6 is 7.14 Å². The van der Waals surface area contributed by atoms with E-state index < -0.39 is 7.14 Å². The average molecular weight is 299 g/mol. The van der Waals surface area contributed by atoms with E-state index in [-0.39, 0.29) is 0 Å². The van der Waals surface area contributed by atoms with Crippen LogP contribution < -0.4 is 10.6 Å². The van der Waals surface area contributed by atoms with Gasteiger partial charge >= 0.3 is 0 Å². The maximum Gasteiger partial charge on any atom is 0.143 e. The lowest BCUT2D eigenvalue weighted by Crippen LogP contribution is -2.20. The summed E-state index contributed by atoms with van der Waals surface area (Å²) in [5, 5.41) is 1.93. The summed E-state index contributed by atoms with van der Waals surface area (Å²) in [7, 11) is -2.59. The fraction of sp³-hybridized carbons (Fsp3) is 0.316. The van der Waals surface area contributed by atoms with Crippen molar-refractivity contribution in [3.05, 3.63) is 65.6 Å². The Morgan fingerprint density at radius 1 is 0.762 bits per heavy atom. The van der Waals surface area contributed by atoms with Gasteiger partial charge in [0.25, 0.3) is 0 Å². The van der Waals surface area contributed by atoms with E-state index in [4.69, 9.17) is 0 Å². The topological polar surface area (TPSA) is 17.1 Å². The molecular formula is C19H24OP. The molecule has 0 aliphatic carbocycles. The first-order chi connectivity index (χ1) is 9.85. The van der Waals surface area contributed by atoms with Gasteiger partial charge in [-0.1, -0.05) is 41.3 Å². The van der Waals surface area contributed by atoms with Gasteiger partial charge in [0.05, 0.1) is 0 Å². The molecule has 2 rings (SSSR count). The van der Waals surface area contributed by atoms with E-state index in [0.717, 1.165) is 10.6 Å². The Kier molecular flexibility index (Phi) is 4.74. The summed E-state index contributed by atoms with van der Waals surface area (Å²) >= 11 is 0. The first-order valence-electron chi connectivity index (χ1n) is 7.41. The lowest BCUT2D eigenvalue weighted by Gasteiger charge is -2.21. The molecule has 1 radical (unpaired) electrons. The monoisotopic (exact) mass is 299 g/mol. The number of hydrogen-bond donors (Lipinski definition) is 0. The fourth-order valence-corrected chi connectivity index (χ4v) is 5.86. The molecule has 1 nitrogen and oxygen atoms in total. The molecule has 111 valence electrons. The summed E-state index contributed by atoms with van der Waals surface area (Å²) in [6, 6.07) is 12.5. The summed E-state index contributed by atoms with van der Waals surface area (Å²) in [5.41, 5.74) is 4.66. The minimum atomic E-state index is -2.59. The highest BCUT2D eigenvalue weighted by molar-refractivity contribution is 7.78. The molecule has 0 unspecified atom stereocenters. The molecule has 2 aromatic carbocycles. The van der Waals surface area contributed by atoms with Gasteiger partial charge in [0.2, 0.25) is 0 Å². The highest BCUT2D eigenvalue weighted by Crippen LogP contribution is 2.44. The van der Waals surface area contributed by atoms with E-state index in [2.05, 4.69) is 71.0 Å². The zero-order chi connectivity index (χ0) is 15.6. The molecule has 0 amide bonds. The number of rotatable bonds is 4. The molecule has 0 atom stereocenters. The Balaban J connectivity index is 2.67. The van der Waals surface area contributed by atoms with Crippen molar-refractivity contribution in [2.45, 2.75) is 34.1 Å².